The molecule has 0 bridgehead atoms. The zero-order valence-electron chi connectivity index (χ0n) is 17.5. The number of imidazole rings is 1. The average Bonchev–Trinajstić information content (AvgIpc) is 3.21. The molecule has 4 rings (SSSR count). The van der Waals surface area contributed by atoms with Gasteiger partial charge in [-0.2, -0.15) is 4.31 Å². The minimum Gasteiger partial charge on any atom is -0.497 e. The number of nitrogens with one attached hydrogen (secondary N) is 2. The second-order valence-electron chi connectivity index (χ2n) is 7.48. The van der Waals surface area contributed by atoms with E-state index in [1.165, 1.54) is 11.4 Å². The molecule has 0 spiro atoms. The maximum absolute atomic E-state index is 12.9. The lowest BCUT2D eigenvalue weighted by atomic mass is 10.1. The highest BCUT2D eigenvalue weighted by atomic mass is 32.2. The minimum atomic E-state index is -3.59. The molecule has 10 heteroatoms. The van der Waals surface area contributed by atoms with Crippen LogP contribution in [0.2, 0.25) is 0 Å². The van der Waals surface area contributed by atoms with E-state index in [1.54, 1.807) is 35.0 Å². The van der Waals surface area contributed by atoms with E-state index in [0.29, 0.717) is 42.1 Å². The van der Waals surface area contributed by atoms with E-state index in [-0.39, 0.29) is 16.8 Å². The van der Waals surface area contributed by atoms with Crippen LogP contribution in [0.15, 0.2) is 65.7 Å². The Balaban J connectivity index is 1.41. The summed E-state index contributed by atoms with van der Waals surface area (Å²) in [6.07, 6.45) is 2.64. The summed E-state index contributed by atoms with van der Waals surface area (Å²) in [6.45, 7) is 0.662. The zero-order chi connectivity index (χ0) is 22.7. The lowest BCUT2D eigenvalue weighted by Gasteiger charge is -2.31. The molecule has 3 aromatic rings. The van der Waals surface area contributed by atoms with Gasteiger partial charge in [-0.05, 0) is 61.5 Å². The van der Waals surface area contributed by atoms with Gasteiger partial charge in [-0.15, -0.1) is 0 Å². The number of rotatable bonds is 6. The number of carbonyl (C=O) groups is 1. The molecule has 1 aliphatic heterocycles. The van der Waals surface area contributed by atoms with Gasteiger partial charge in [0.1, 0.15) is 11.4 Å². The smallest absolute Gasteiger partial charge is 0.270 e. The van der Waals surface area contributed by atoms with Gasteiger partial charge in [0.2, 0.25) is 10.0 Å². The molecule has 1 aromatic heterocycles. The van der Waals surface area contributed by atoms with E-state index in [4.69, 9.17) is 17.0 Å². The Morgan fingerprint density at radius 1 is 1.09 bits per heavy atom. The molecular weight excluding hydrogens is 448 g/mol. The first-order chi connectivity index (χ1) is 15.4. The topological polar surface area (TPSA) is 96.4 Å². The average molecular weight is 473 g/mol. The quantitative estimate of drug-likeness (QED) is 0.538. The third kappa shape index (κ3) is 4.47. The summed E-state index contributed by atoms with van der Waals surface area (Å²) in [6, 6.07) is 15.6. The van der Waals surface area contributed by atoms with Crippen LogP contribution in [-0.2, 0) is 10.0 Å². The van der Waals surface area contributed by atoms with Gasteiger partial charge >= 0.3 is 0 Å². The molecule has 0 saturated carbocycles. The number of aromatic nitrogens is 2. The molecule has 0 radical (unpaired) electrons. The predicted octanol–water partition coefficient (Wildman–Crippen LogP) is 3.13. The Hall–Kier alpha value is -2.95. The maximum atomic E-state index is 12.9. The summed E-state index contributed by atoms with van der Waals surface area (Å²) in [7, 11) is -2.05. The lowest BCUT2D eigenvalue weighted by molar-refractivity contribution is 0.0917. The number of sulfonamides is 1. The monoisotopic (exact) mass is 472 g/mol. The molecule has 1 amide bonds. The largest absolute Gasteiger partial charge is 0.497 e. The number of benzene rings is 2. The number of carbonyl (C=O) groups excluding carboxylic acids is 1. The first-order valence-corrected chi connectivity index (χ1v) is 12.1. The normalized spacial score (nSPS) is 15.4. The molecule has 1 saturated heterocycles. The highest BCUT2D eigenvalue weighted by molar-refractivity contribution is 7.89. The molecule has 168 valence electrons. The van der Waals surface area contributed by atoms with Crippen LogP contribution >= 0.6 is 12.2 Å². The van der Waals surface area contributed by atoms with Gasteiger partial charge < -0.3 is 15.0 Å². The number of hydrogen-bond donors (Lipinski definition) is 2. The molecule has 2 heterocycles. The van der Waals surface area contributed by atoms with Crippen molar-refractivity contribution < 1.29 is 17.9 Å². The Morgan fingerprint density at radius 3 is 2.38 bits per heavy atom. The Bertz CT molecular complexity index is 1240. The van der Waals surface area contributed by atoms with Crippen molar-refractivity contribution in [2.24, 2.45) is 0 Å². The van der Waals surface area contributed by atoms with E-state index in [0.717, 1.165) is 5.69 Å². The number of ether oxygens (including phenoxy) is 1. The minimum absolute atomic E-state index is 0.127. The molecule has 8 nitrogen and oxygen atoms in total. The number of H-pyrrole nitrogens is 1. The summed E-state index contributed by atoms with van der Waals surface area (Å²) < 4.78 is 34.5. The first kappa shape index (κ1) is 22.3. The summed E-state index contributed by atoms with van der Waals surface area (Å²) >= 11 is 5.34. The van der Waals surface area contributed by atoms with E-state index in [9.17, 15) is 13.2 Å². The van der Waals surface area contributed by atoms with Crippen LogP contribution in [0.25, 0.3) is 5.69 Å². The Morgan fingerprint density at radius 2 is 1.75 bits per heavy atom. The van der Waals surface area contributed by atoms with Crippen LogP contribution in [0.5, 0.6) is 5.75 Å². The molecule has 32 heavy (non-hydrogen) atoms. The second-order valence-corrected chi connectivity index (χ2v) is 9.80. The molecule has 2 aromatic carbocycles. The summed E-state index contributed by atoms with van der Waals surface area (Å²) in [5.41, 5.74) is 1.21. The van der Waals surface area contributed by atoms with Crippen LogP contribution in [0.4, 0.5) is 0 Å². The van der Waals surface area contributed by atoms with Gasteiger partial charge in [0.05, 0.1) is 12.0 Å². The van der Waals surface area contributed by atoms with Crippen LogP contribution < -0.4 is 10.1 Å². The van der Waals surface area contributed by atoms with Gasteiger partial charge in [0, 0.05) is 31.0 Å². The van der Waals surface area contributed by atoms with Crippen molar-refractivity contribution in [2.45, 2.75) is 23.8 Å². The number of nitrogens with zero attached hydrogens (tertiary/aromatic N) is 2. The van der Waals surface area contributed by atoms with Crippen LogP contribution in [0, 0.1) is 4.77 Å². The number of amides is 1. The number of methoxy groups -OCH3 is 1. The molecule has 2 N–H and O–H groups in total. The number of hydrogen-bond acceptors (Lipinski definition) is 5. The van der Waals surface area contributed by atoms with Crippen molar-refractivity contribution in [3.63, 3.8) is 0 Å². The van der Waals surface area contributed by atoms with Gasteiger partial charge in [-0.25, -0.2) is 8.42 Å². The Kier molecular flexibility index (Phi) is 6.45. The molecule has 1 aliphatic rings. The van der Waals surface area contributed by atoms with Crippen LogP contribution in [-0.4, -0.2) is 54.4 Å². The third-order valence-electron chi connectivity index (χ3n) is 5.51. The molecular formula is C22H24N4O4S2. The van der Waals surface area contributed by atoms with E-state index >= 15 is 0 Å². The van der Waals surface area contributed by atoms with Crippen molar-refractivity contribution in [1.29, 1.82) is 0 Å². The van der Waals surface area contributed by atoms with Gasteiger partial charge in [-0.1, -0.05) is 18.2 Å². The third-order valence-corrected chi connectivity index (χ3v) is 7.72. The van der Waals surface area contributed by atoms with Gasteiger partial charge in [-0.3, -0.25) is 9.36 Å². The van der Waals surface area contributed by atoms with Crippen molar-refractivity contribution in [1.82, 2.24) is 19.2 Å². The number of piperidine rings is 1. The van der Waals surface area contributed by atoms with Crippen molar-refractivity contribution in [3.8, 4) is 11.4 Å². The molecule has 0 aliphatic carbocycles. The van der Waals surface area contributed by atoms with E-state index in [1.807, 2.05) is 30.3 Å². The van der Waals surface area contributed by atoms with Gasteiger partial charge in [0.15, 0.2) is 4.77 Å². The maximum Gasteiger partial charge on any atom is 0.270 e. The van der Waals surface area contributed by atoms with E-state index in [2.05, 4.69) is 10.3 Å². The number of aromatic amines is 1. The van der Waals surface area contributed by atoms with Crippen LogP contribution in [0.3, 0.4) is 0 Å². The van der Waals surface area contributed by atoms with E-state index < -0.39 is 10.0 Å². The molecule has 0 atom stereocenters. The molecule has 0 unspecified atom stereocenters. The summed E-state index contributed by atoms with van der Waals surface area (Å²) in [5.74, 6) is 0.350. The van der Waals surface area contributed by atoms with Crippen molar-refractivity contribution in [2.75, 3.05) is 20.2 Å². The van der Waals surface area contributed by atoms with Crippen LogP contribution in [0.1, 0.15) is 23.3 Å². The zero-order valence-corrected chi connectivity index (χ0v) is 19.2. The van der Waals surface area contributed by atoms with Crippen molar-refractivity contribution in [3.05, 3.63) is 71.3 Å². The fourth-order valence-electron chi connectivity index (χ4n) is 3.77. The standard InChI is InChI=1S/C22H24N4O4S2/c1-30-18-7-9-19(10-8-18)32(28,29)25-13-11-16(12-14-25)24-21(27)20-15-23-22(31)26(20)17-5-3-2-4-6-17/h2-10,15-16H,11-14H2,1H3,(H,23,31)(H,24,27). The lowest BCUT2D eigenvalue weighted by Crippen LogP contribution is -2.46. The van der Waals surface area contributed by atoms with Crippen molar-refractivity contribution >= 4 is 28.1 Å². The summed E-state index contributed by atoms with van der Waals surface area (Å²) in [4.78, 5) is 16.1. The first-order valence-electron chi connectivity index (χ1n) is 10.2. The van der Waals surface area contributed by atoms with Gasteiger partial charge in [0.25, 0.3) is 5.91 Å². The SMILES string of the molecule is COc1ccc(S(=O)(=O)N2CCC(NC(=O)c3c[nH]c(=S)n3-c3ccccc3)CC2)cc1. The fourth-order valence-corrected chi connectivity index (χ4v) is 5.50. The second kappa shape index (κ2) is 9.27. The fraction of sp³-hybridized carbons (Fsp3) is 0.273. The highest BCUT2D eigenvalue weighted by Crippen LogP contribution is 2.23. The summed E-state index contributed by atoms with van der Waals surface area (Å²) in [5, 5.41) is 3.02. The Labute approximate surface area is 191 Å². The highest BCUT2D eigenvalue weighted by Gasteiger charge is 2.30. The predicted molar refractivity (Wildman–Crippen MR) is 123 cm³/mol. The number of para-hydroxylation sites is 1. The molecule has 1 fully saturated rings.